The first-order valence-electron chi connectivity index (χ1n) is 7.01. The fraction of sp³-hybridized carbons (Fsp3) is 1.00. The van der Waals surface area contributed by atoms with Crippen molar-refractivity contribution in [3.05, 3.63) is 0 Å². The topological polar surface area (TPSA) is 33.3 Å². The highest BCUT2D eigenvalue weighted by Crippen LogP contribution is 2.43. The van der Waals surface area contributed by atoms with Crippen LogP contribution in [-0.4, -0.2) is 38.9 Å². The monoisotopic (exact) mass is 240 g/mol. The van der Waals surface area contributed by atoms with E-state index in [2.05, 4.69) is 31.4 Å². The fourth-order valence-corrected chi connectivity index (χ4v) is 3.34. The van der Waals surface area contributed by atoms with Gasteiger partial charge in [-0.05, 0) is 31.2 Å². The quantitative estimate of drug-likeness (QED) is 0.768. The van der Waals surface area contributed by atoms with Gasteiger partial charge < -0.3 is 15.4 Å². The molecule has 0 spiro atoms. The van der Waals surface area contributed by atoms with E-state index in [1.807, 2.05) is 7.11 Å². The molecule has 2 fully saturated rings. The Kier molecular flexibility index (Phi) is 3.81. The van der Waals surface area contributed by atoms with E-state index in [-0.39, 0.29) is 5.41 Å². The van der Waals surface area contributed by atoms with Crippen LogP contribution in [0.1, 0.15) is 40.0 Å². The molecular formula is C14H28N2O. The average Bonchev–Trinajstić information content (AvgIpc) is 2.77. The molecule has 0 aromatic heterocycles. The van der Waals surface area contributed by atoms with E-state index in [0.717, 1.165) is 13.0 Å². The van der Waals surface area contributed by atoms with Crippen LogP contribution in [0, 0.1) is 10.8 Å². The van der Waals surface area contributed by atoms with Crippen molar-refractivity contribution in [3.8, 4) is 0 Å². The van der Waals surface area contributed by atoms with Crippen molar-refractivity contribution in [3.63, 3.8) is 0 Å². The van der Waals surface area contributed by atoms with Gasteiger partial charge in [-0.15, -0.1) is 0 Å². The summed E-state index contributed by atoms with van der Waals surface area (Å²) in [5.41, 5.74) is 0.782. The zero-order chi connectivity index (χ0) is 12.5. The molecule has 100 valence electrons. The third kappa shape index (κ3) is 2.38. The molecule has 0 aromatic rings. The highest BCUT2D eigenvalue weighted by atomic mass is 16.5. The van der Waals surface area contributed by atoms with E-state index in [1.165, 1.54) is 25.9 Å². The van der Waals surface area contributed by atoms with E-state index < -0.39 is 0 Å². The van der Waals surface area contributed by atoms with Crippen LogP contribution < -0.4 is 10.6 Å². The molecule has 2 N–H and O–H groups in total. The molecule has 0 amide bonds. The Labute approximate surface area is 106 Å². The average molecular weight is 240 g/mol. The number of methoxy groups -OCH3 is 1. The van der Waals surface area contributed by atoms with Crippen LogP contribution in [0.5, 0.6) is 0 Å². The lowest BCUT2D eigenvalue weighted by atomic mass is 9.64. The van der Waals surface area contributed by atoms with E-state index in [9.17, 15) is 0 Å². The van der Waals surface area contributed by atoms with Crippen LogP contribution in [0.25, 0.3) is 0 Å². The number of rotatable bonds is 5. The maximum absolute atomic E-state index is 5.50. The summed E-state index contributed by atoms with van der Waals surface area (Å²) in [5, 5.41) is 7.29. The lowest BCUT2D eigenvalue weighted by Crippen LogP contribution is -2.62. The van der Waals surface area contributed by atoms with Gasteiger partial charge in [0.2, 0.25) is 0 Å². The normalized spacial score (nSPS) is 40.2. The van der Waals surface area contributed by atoms with Crippen molar-refractivity contribution in [2.75, 3.05) is 26.7 Å². The predicted octanol–water partition coefficient (Wildman–Crippen LogP) is 1.78. The van der Waals surface area contributed by atoms with Crippen molar-refractivity contribution >= 4 is 0 Å². The smallest absolute Gasteiger partial charge is 0.0652 e. The van der Waals surface area contributed by atoms with Gasteiger partial charge in [-0.3, -0.25) is 0 Å². The predicted molar refractivity (Wildman–Crippen MR) is 71.2 cm³/mol. The van der Waals surface area contributed by atoms with Crippen molar-refractivity contribution in [1.29, 1.82) is 0 Å². The molecule has 0 radical (unpaired) electrons. The molecular weight excluding hydrogens is 212 g/mol. The molecule has 3 atom stereocenters. The third-order valence-corrected chi connectivity index (χ3v) is 5.27. The molecule has 1 saturated carbocycles. The molecule has 1 saturated heterocycles. The zero-order valence-corrected chi connectivity index (χ0v) is 11.8. The van der Waals surface area contributed by atoms with Crippen LogP contribution in [0.4, 0.5) is 0 Å². The Hall–Kier alpha value is -0.120. The van der Waals surface area contributed by atoms with Crippen LogP contribution in [0.3, 0.4) is 0 Å². The summed E-state index contributed by atoms with van der Waals surface area (Å²) >= 11 is 0. The summed E-state index contributed by atoms with van der Waals surface area (Å²) in [7, 11) is 1.83. The van der Waals surface area contributed by atoms with Gasteiger partial charge >= 0.3 is 0 Å². The second kappa shape index (κ2) is 4.87. The van der Waals surface area contributed by atoms with E-state index >= 15 is 0 Å². The minimum Gasteiger partial charge on any atom is -0.381 e. The summed E-state index contributed by atoms with van der Waals surface area (Å²) in [6, 6.07) is 0.622. The van der Waals surface area contributed by atoms with Gasteiger partial charge in [-0.25, -0.2) is 0 Å². The van der Waals surface area contributed by atoms with Gasteiger partial charge in [0, 0.05) is 31.7 Å². The SMILES string of the molecule is CCC1(CNC2CC(OC)C2(C)C)CCNC1. The van der Waals surface area contributed by atoms with E-state index in [0.29, 0.717) is 17.6 Å². The van der Waals surface area contributed by atoms with E-state index in [1.54, 1.807) is 0 Å². The first-order chi connectivity index (χ1) is 8.04. The van der Waals surface area contributed by atoms with E-state index in [4.69, 9.17) is 4.74 Å². The Bertz CT molecular complexity index is 259. The molecule has 1 heterocycles. The van der Waals surface area contributed by atoms with Crippen molar-refractivity contribution in [1.82, 2.24) is 10.6 Å². The van der Waals surface area contributed by atoms with Gasteiger partial charge in [0.25, 0.3) is 0 Å². The molecule has 3 unspecified atom stereocenters. The summed E-state index contributed by atoms with van der Waals surface area (Å²) in [6.45, 7) is 10.5. The van der Waals surface area contributed by atoms with Crippen LogP contribution in [0.15, 0.2) is 0 Å². The lowest BCUT2D eigenvalue weighted by Gasteiger charge is -2.52. The summed E-state index contributed by atoms with van der Waals surface area (Å²) < 4.78 is 5.50. The van der Waals surface area contributed by atoms with Crippen molar-refractivity contribution in [2.24, 2.45) is 10.8 Å². The van der Waals surface area contributed by atoms with Crippen molar-refractivity contribution in [2.45, 2.75) is 52.2 Å². The molecule has 3 nitrogen and oxygen atoms in total. The number of hydrogen-bond donors (Lipinski definition) is 2. The second-order valence-electron chi connectivity index (χ2n) is 6.50. The molecule has 1 aliphatic carbocycles. The maximum atomic E-state index is 5.50. The van der Waals surface area contributed by atoms with Gasteiger partial charge in [0.05, 0.1) is 6.10 Å². The van der Waals surface area contributed by atoms with Gasteiger partial charge in [0.15, 0.2) is 0 Å². The van der Waals surface area contributed by atoms with Gasteiger partial charge in [0.1, 0.15) is 0 Å². The molecule has 2 aliphatic rings. The Balaban J connectivity index is 1.83. The largest absolute Gasteiger partial charge is 0.381 e. The Morgan fingerprint density at radius 2 is 2.18 bits per heavy atom. The minimum absolute atomic E-state index is 0.287. The Morgan fingerprint density at radius 3 is 2.65 bits per heavy atom. The standard InChI is InChI=1S/C14H28N2O/c1-5-14(6-7-15-9-14)10-16-11-8-12(17-4)13(11,2)3/h11-12,15-16H,5-10H2,1-4H3. The fourth-order valence-electron chi connectivity index (χ4n) is 3.34. The molecule has 17 heavy (non-hydrogen) atoms. The lowest BCUT2D eigenvalue weighted by molar-refractivity contribution is -0.0993. The molecule has 2 rings (SSSR count). The minimum atomic E-state index is 0.287. The maximum Gasteiger partial charge on any atom is 0.0652 e. The highest BCUT2D eigenvalue weighted by molar-refractivity contribution is 5.03. The first kappa shape index (κ1) is 13.3. The summed E-state index contributed by atoms with van der Waals surface area (Å²) in [6.07, 6.45) is 4.18. The molecule has 0 aromatic carbocycles. The van der Waals surface area contributed by atoms with Crippen LogP contribution in [0.2, 0.25) is 0 Å². The molecule has 3 heteroatoms. The second-order valence-corrected chi connectivity index (χ2v) is 6.50. The number of nitrogens with one attached hydrogen (secondary N) is 2. The molecule has 0 bridgehead atoms. The number of ether oxygens (including phenoxy) is 1. The van der Waals surface area contributed by atoms with Gasteiger partial charge in [-0.2, -0.15) is 0 Å². The first-order valence-corrected chi connectivity index (χ1v) is 7.01. The molecule has 1 aliphatic heterocycles. The van der Waals surface area contributed by atoms with Crippen LogP contribution in [-0.2, 0) is 4.74 Å². The zero-order valence-electron chi connectivity index (χ0n) is 11.8. The van der Waals surface area contributed by atoms with Crippen LogP contribution >= 0.6 is 0 Å². The number of hydrogen-bond acceptors (Lipinski definition) is 3. The summed E-state index contributed by atoms with van der Waals surface area (Å²) in [5.74, 6) is 0. The summed E-state index contributed by atoms with van der Waals surface area (Å²) in [4.78, 5) is 0. The highest BCUT2D eigenvalue weighted by Gasteiger charge is 2.49. The Morgan fingerprint density at radius 1 is 1.41 bits per heavy atom. The van der Waals surface area contributed by atoms with Gasteiger partial charge in [-0.1, -0.05) is 20.8 Å². The third-order valence-electron chi connectivity index (χ3n) is 5.27. The van der Waals surface area contributed by atoms with Crippen molar-refractivity contribution < 1.29 is 4.74 Å².